The molecule has 0 bridgehead atoms. The Balaban J connectivity index is 0.000000341. The molecule has 4 aromatic rings. The molecule has 0 amide bonds. The van der Waals surface area contributed by atoms with Crippen molar-refractivity contribution < 1.29 is 90.3 Å². The van der Waals surface area contributed by atoms with Gasteiger partial charge in [-0.2, -0.15) is 0 Å². The van der Waals surface area contributed by atoms with Crippen LogP contribution in [0.3, 0.4) is 0 Å². The minimum Gasteiger partial charge on any atom is -0.459 e. The van der Waals surface area contributed by atoms with Gasteiger partial charge in [-0.25, -0.2) is 19.2 Å². The van der Waals surface area contributed by atoms with E-state index in [4.69, 9.17) is 61.3 Å². The van der Waals surface area contributed by atoms with Crippen molar-refractivity contribution in [1.29, 1.82) is 0 Å². The summed E-state index contributed by atoms with van der Waals surface area (Å²) in [5, 5.41) is 12.2. The van der Waals surface area contributed by atoms with Crippen molar-refractivity contribution in [2.24, 2.45) is 35.5 Å². The lowest BCUT2D eigenvalue weighted by atomic mass is 9.80. The smallest absolute Gasteiger partial charge is 0.340 e. The molecule has 4 aliphatic rings. The molecule has 6 unspecified atom stereocenters. The van der Waals surface area contributed by atoms with Crippen LogP contribution in [0.25, 0.3) is 0 Å². The molecule has 0 radical (unpaired) electrons. The average molecular weight is 1470 g/mol. The third kappa shape index (κ3) is 21.3. The second kappa shape index (κ2) is 36.9. The topological polar surface area (TPSA) is 215 Å². The first-order chi connectivity index (χ1) is 48.3. The van der Waals surface area contributed by atoms with E-state index in [0.29, 0.717) is 66.1 Å². The van der Waals surface area contributed by atoms with E-state index in [1.165, 1.54) is 10.4 Å². The fraction of sp³-hybridized carbons (Fsp3) is 0.610. The molecule has 0 saturated carbocycles. The summed E-state index contributed by atoms with van der Waals surface area (Å²) in [5.74, 6) is -4.24. The number of cyclic esters (lactones) is 2. The Bertz CT molecular complexity index is 3420. The molecule has 8 rings (SSSR count). The van der Waals surface area contributed by atoms with Gasteiger partial charge in [-0.3, -0.25) is 4.70 Å². The molecule has 16 atom stereocenters. The number of hydrogen-bond acceptors (Lipinski definition) is 20. The van der Waals surface area contributed by atoms with Gasteiger partial charge in [-0.1, -0.05) is 159 Å². The SMILES string of the molecule is CO[C@](C)(C[C@@H](C)CO)[C@H](O[C@@H]1OC(COC(=O)c2ccccc2)CC(N(C)C)C1C)[C@@H](C)C1=C(C)C(=O)OC(C)(C)O1.CO[C@](C)(C[C@@H](C)CO[Si](c1ccccc1)(c1ccccc1)C(C)(C)C)[C@H](O[C@@H]1OC(COC(=O)c2ccccc2)CC(N(C)C)C1C)[C@@H](C)C1=C(C)C(=O)OC(C)(C)O1.F. The lowest BCUT2D eigenvalue weighted by molar-refractivity contribution is -0.290. The summed E-state index contributed by atoms with van der Waals surface area (Å²) < 4.78 is 82.7. The lowest BCUT2D eigenvalue weighted by Gasteiger charge is -2.49. The summed E-state index contributed by atoms with van der Waals surface area (Å²) in [6.45, 7) is 34.0. The van der Waals surface area contributed by atoms with Gasteiger partial charge >= 0.3 is 23.9 Å². The van der Waals surface area contributed by atoms with Crippen LogP contribution in [0.4, 0.5) is 4.70 Å². The highest BCUT2D eigenvalue weighted by atomic mass is 28.4. The number of aliphatic hydroxyl groups is 1. The zero-order chi connectivity index (χ0) is 76.2. The first-order valence-electron chi connectivity index (χ1n) is 36.5. The fourth-order valence-electron chi connectivity index (χ4n) is 15.3. The number of ether oxygens (including phenoxy) is 12. The van der Waals surface area contributed by atoms with Crippen LogP contribution in [0.15, 0.2) is 144 Å². The summed E-state index contributed by atoms with van der Waals surface area (Å²) in [7, 11) is 8.61. The van der Waals surface area contributed by atoms with Crippen LogP contribution in [0.2, 0.25) is 5.04 Å². The van der Waals surface area contributed by atoms with Crippen molar-refractivity contribution in [3.8, 4) is 0 Å². The quantitative estimate of drug-likeness (QED) is 0.0292. The van der Waals surface area contributed by atoms with Crippen molar-refractivity contribution in [2.75, 3.05) is 68.8 Å². The molecule has 4 aliphatic heterocycles. The Morgan fingerprint density at radius 3 is 1.21 bits per heavy atom. The average Bonchev–Trinajstić information content (AvgIpc) is 0.761. The maximum absolute atomic E-state index is 13.3. The molecule has 104 heavy (non-hydrogen) atoms. The van der Waals surface area contributed by atoms with Gasteiger partial charge in [-0.05, 0) is 133 Å². The van der Waals surface area contributed by atoms with Crippen LogP contribution in [0.5, 0.6) is 0 Å². The van der Waals surface area contributed by atoms with Gasteiger partial charge in [0.1, 0.15) is 24.7 Å². The van der Waals surface area contributed by atoms with Crippen LogP contribution < -0.4 is 10.4 Å². The number of methoxy groups -OCH3 is 2. The molecule has 4 heterocycles. The van der Waals surface area contributed by atoms with Crippen LogP contribution in [-0.2, 0) is 70.9 Å². The predicted octanol–water partition coefficient (Wildman–Crippen LogP) is 12.8. The number of nitrogens with zero attached hydrogens (tertiary/aromatic N) is 2. The summed E-state index contributed by atoms with van der Waals surface area (Å²) in [6, 6.07) is 39.2. The number of esters is 4. The number of hydrogen-bond donors (Lipinski definition) is 1. The molecule has 2 saturated heterocycles. The predicted molar refractivity (Wildman–Crippen MR) is 401 cm³/mol. The van der Waals surface area contributed by atoms with Crippen molar-refractivity contribution in [3.05, 3.63) is 155 Å². The van der Waals surface area contributed by atoms with Crippen LogP contribution >= 0.6 is 0 Å². The number of rotatable bonds is 30. The second-order valence-corrected chi connectivity index (χ2v) is 36.0. The zero-order valence-electron chi connectivity index (χ0n) is 66.0. The Morgan fingerprint density at radius 1 is 0.558 bits per heavy atom. The standard InChI is InChI=1S/C49H69NO9Si.C33H51NO9.FH/c1-33(31-55-60(47(5,6)7,39-25-19-15-20-26-39)40-27-21-16-22-28-40)30-49(10,53-13)43(35(3)42-36(4)44(51)59-48(8,9)58-42)57-46-34(2)41(50(11)12)29-38(56-46)32-54-45(52)37-23-17-14-18-24-37;1-20(18-35)17-33(7,38-10)28(22(3)27-23(4)29(36)43-32(5,6)42-27)41-31-21(2)26(34(8)9)16-25(40-31)19-39-30(37)24-14-12-11-13-15-24;/h14-28,33-35,38,41,43,46H,29-32H2,1-13H3;11-15,20-22,25-26,28,31,35H,16-19H2,1-10H3;1H/t33-,34?,35+,38?,41?,43-,46+,49-;20-,21?,22+,25?,26?,28-,31+,33-;/m11./s1. The second-order valence-electron chi connectivity index (χ2n) is 31.7. The maximum Gasteiger partial charge on any atom is 0.340 e. The van der Waals surface area contributed by atoms with Crippen LogP contribution in [0.1, 0.15) is 164 Å². The molecule has 0 spiro atoms. The summed E-state index contributed by atoms with van der Waals surface area (Å²) in [4.78, 5) is 56.0. The third-order valence-electron chi connectivity index (χ3n) is 20.9. The van der Waals surface area contributed by atoms with E-state index in [2.05, 4.69) is 119 Å². The van der Waals surface area contributed by atoms with Gasteiger partial charge in [0.25, 0.3) is 8.32 Å². The summed E-state index contributed by atoms with van der Waals surface area (Å²) in [6.07, 6.45) is -1.28. The van der Waals surface area contributed by atoms with Crippen LogP contribution in [-0.4, -0.2) is 188 Å². The molecular formula is C82H121FN2O18Si. The van der Waals surface area contributed by atoms with E-state index in [1.54, 1.807) is 92.2 Å². The van der Waals surface area contributed by atoms with Gasteiger partial charge < -0.3 is 76.2 Å². The molecule has 4 aromatic carbocycles. The molecule has 2 fully saturated rings. The number of benzene rings is 4. The Labute approximate surface area is 619 Å². The number of halogens is 1. The van der Waals surface area contributed by atoms with Gasteiger partial charge in [0.15, 0.2) is 12.6 Å². The third-order valence-corrected chi connectivity index (χ3v) is 25.9. The highest BCUT2D eigenvalue weighted by Gasteiger charge is 2.54. The van der Waals surface area contributed by atoms with Crippen molar-refractivity contribution in [2.45, 2.75) is 220 Å². The van der Waals surface area contributed by atoms with E-state index in [0.717, 1.165) is 0 Å². The van der Waals surface area contributed by atoms with E-state index in [-0.39, 0.29) is 65.3 Å². The number of carbonyl (C=O) groups excluding carboxylic acids is 4. The van der Waals surface area contributed by atoms with Crippen molar-refractivity contribution in [3.63, 3.8) is 0 Å². The summed E-state index contributed by atoms with van der Waals surface area (Å²) in [5.41, 5.74) is -0.125. The van der Waals surface area contributed by atoms with Gasteiger partial charge in [0.05, 0.1) is 57.9 Å². The van der Waals surface area contributed by atoms with E-state index < -0.39 is 104 Å². The maximum atomic E-state index is 13.3. The fourth-order valence-corrected chi connectivity index (χ4v) is 20.0. The monoisotopic (exact) mass is 1470 g/mol. The minimum absolute atomic E-state index is 0. The highest BCUT2D eigenvalue weighted by molar-refractivity contribution is 6.99. The highest BCUT2D eigenvalue weighted by Crippen LogP contribution is 2.45. The van der Waals surface area contributed by atoms with Gasteiger partial charge in [0.2, 0.25) is 11.6 Å². The molecule has 1 N–H and O–H groups in total. The van der Waals surface area contributed by atoms with E-state index >= 15 is 0 Å². The van der Waals surface area contributed by atoms with Crippen molar-refractivity contribution in [1.82, 2.24) is 9.80 Å². The number of carbonyl (C=O) groups is 4. The van der Waals surface area contributed by atoms with E-state index in [1.807, 2.05) is 80.2 Å². The molecule has 0 aromatic heterocycles. The Hall–Kier alpha value is -6.41. The Kier molecular flexibility index (Phi) is 30.7. The number of aliphatic hydroxyl groups excluding tert-OH is 1. The molecule has 20 nitrogen and oxygen atoms in total. The van der Waals surface area contributed by atoms with E-state index in [9.17, 15) is 24.3 Å². The summed E-state index contributed by atoms with van der Waals surface area (Å²) >= 11 is 0. The molecule has 0 aliphatic carbocycles. The molecule has 22 heteroatoms. The first kappa shape index (κ1) is 86.5. The molecular weight excluding hydrogens is 1350 g/mol. The van der Waals surface area contributed by atoms with Gasteiger partial charge in [0, 0.05) is 90.9 Å². The van der Waals surface area contributed by atoms with Gasteiger partial charge in [-0.15, -0.1) is 0 Å². The lowest BCUT2D eigenvalue weighted by Crippen LogP contribution is -2.67. The van der Waals surface area contributed by atoms with Crippen LogP contribution in [0, 0.1) is 35.5 Å². The zero-order valence-corrected chi connectivity index (χ0v) is 67.0. The minimum atomic E-state index is -2.83. The molecule has 578 valence electrons. The normalized spacial score (nSPS) is 24.9. The van der Waals surface area contributed by atoms with Crippen molar-refractivity contribution >= 4 is 42.6 Å². The Morgan fingerprint density at radius 2 is 0.894 bits per heavy atom. The largest absolute Gasteiger partial charge is 0.459 e. The first-order valence-corrected chi connectivity index (χ1v) is 38.4.